The van der Waals surface area contributed by atoms with Crippen molar-refractivity contribution in [3.05, 3.63) is 28.5 Å². The van der Waals surface area contributed by atoms with Crippen molar-refractivity contribution in [1.29, 1.82) is 0 Å². The maximum absolute atomic E-state index is 13.4. The maximum atomic E-state index is 13.4. The molecule has 1 heterocycles. The highest BCUT2D eigenvalue weighted by molar-refractivity contribution is 9.10. The highest BCUT2D eigenvalue weighted by Gasteiger charge is 2.32. The lowest BCUT2D eigenvalue weighted by Gasteiger charge is -2.28. The molecule has 0 bridgehead atoms. The molecular formula is C19H27BrFNO4. The summed E-state index contributed by atoms with van der Waals surface area (Å²) in [4.78, 5) is 14.0. The molecule has 1 aliphatic rings. The third-order valence-electron chi connectivity index (χ3n) is 3.91. The van der Waals surface area contributed by atoms with Crippen LogP contribution in [-0.2, 0) is 9.47 Å². The van der Waals surface area contributed by atoms with Gasteiger partial charge >= 0.3 is 6.09 Å². The monoisotopic (exact) mass is 431 g/mol. The second kappa shape index (κ2) is 9.55. The molecule has 0 unspecified atom stereocenters. The molecule has 0 aromatic heterocycles. The van der Waals surface area contributed by atoms with Gasteiger partial charge in [-0.05, 0) is 61.7 Å². The number of amides is 1. The van der Waals surface area contributed by atoms with Crippen LogP contribution < -0.4 is 4.74 Å². The number of carbonyl (C=O) groups is 1. The molecule has 146 valence electrons. The Balaban J connectivity index is 1.64. The van der Waals surface area contributed by atoms with Crippen LogP contribution in [-0.4, -0.2) is 49.0 Å². The van der Waals surface area contributed by atoms with Crippen LogP contribution in [0.3, 0.4) is 0 Å². The Kier molecular flexibility index (Phi) is 7.70. The number of hydrogen-bond donors (Lipinski definition) is 0. The van der Waals surface area contributed by atoms with Gasteiger partial charge in [-0.3, -0.25) is 0 Å². The zero-order valence-corrected chi connectivity index (χ0v) is 17.2. The number of benzene rings is 1. The molecule has 1 fully saturated rings. The Morgan fingerprint density at radius 1 is 1.35 bits per heavy atom. The highest BCUT2D eigenvalue weighted by atomic mass is 79.9. The molecule has 0 aliphatic carbocycles. The smallest absolute Gasteiger partial charge is 0.410 e. The maximum Gasteiger partial charge on any atom is 0.410 e. The van der Waals surface area contributed by atoms with E-state index in [1.54, 1.807) is 17.0 Å². The predicted molar refractivity (Wildman–Crippen MR) is 101 cm³/mol. The SMILES string of the molecule is CC(C)(C)OC(=O)N1CCC[C@@H]1COCCCOc1ccc(Br)c(F)c1. The summed E-state index contributed by atoms with van der Waals surface area (Å²) in [6.45, 7) is 7.77. The van der Waals surface area contributed by atoms with Crippen LogP contribution in [0.25, 0.3) is 0 Å². The van der Waals surface area contributed by atoms with E-state index in [-0.39, 0.29) is 18.0 Å². The fourth-order valence-electron chi connectivity index (χ4n) is 2.71. The van der Waals surface area contributed by atoms with E-state index in [4.69, 9.17) is 14.2 Å². The normalized spacial score (nSPS) is 17.4. The first kappa shape index (κ1) is 21.0. The van der Waals surface area contributed by atoms with Gasteiger partial charge in [0.2, 0.25) is 0 Å². The van der Waals surface area contributed by atoms with Crippen molar-refractivity contribution >= 4 is 22.0 Å². The van der Waals surface area contributed by atoms with Crippen LogP contribution in [0.2, 0.25) is 0 Å². The predicted octanol–water partition coefficient (Wildman–Crippen LogP) is 4.77. The molecule has 1 aliphatic heterocycles. The first-order valence-electron chi connectivity index (χ1n) is 8.91. The molecule has 2 rings (SSSR count). The van der Waals surface area contributed by atoms with Gasteiger partial charge < -0.3 is 19.1 Å². The van der Waals surface area contributed by atoms with Gasteiger partial charge in [0.15, 0.2) is 0 Å². The summed E-state index contributed by atoms with van der Waals surface area (Å²) in [6.07, 6.45) is 2.31. The molecule has 26 heavy (non-hydrogen) atoms. The molecule has 1 aromatic carbocycles. The number of hydrogen-bond acceptors (Lipinski definition) is 4. The Hall–Kier alpha value is -1.34. The summed E-state index contributed by atoms with van der Waals surface area (Å²) in [5, 5.41) is 0. The zero-order valence-electron chi connectivity index (χ0n) is 15.6. The molecule has 5 nitrogen and oxygen atoms in total. The summed E-state index contributed by atoms with van der Waals surface area (Å²) >= 11 is 3.11. The third kappa shape index (κ3) is 6.76. The van der Waals surface area contributed by atoms with Gasteiger partial charge in [0.25, 0.3) is 0 Å². The molecular weight excluding hydrogens is 405 g/mol. The quantitative estimate of drug-likeness (QED) is 0.583. The summed E-state index contributed by atoms with van der Waals surface area (Å²) in [6, 6.07) is 4.74. The van der Waals surface area contributed by atoms with Crippen LogP contribution >= 0.6 is 15.9 Å². The molecule has 1 saturated heterocycles. The first-order chi connectivity index (χ1) is 12.3. The number of likely N-dealkylation sites (tertiary alicyclic amines) is 1. The highest BCUT2D eigenvalue weighted by Crippen LogP contribution is 2.22. The van der Waals surface area contributed by atoms with Crippen molar-refractivity contribution in [2.24, 2.45) is 0 Å². The van der Waals surface area contributed by atoms with E-state index < -0.39 is 5.60 Å². The lowest BCUT2D eigenvalue weighted by atomic mass is 10.2. The molecule has 1 aromatic rings. The van der Waals surface area contributed by atoms with E-state index >= 15 is 0 Å². The average Bonchev–Trinajstić information content (AvgIpc) is 3.01. The third-order valence-corrected chi connectivity index (χ3v) is 4.55. The van der Waals surface area contributed by atoms with Crippen LogP contribution in [0.4, 0.5) is 9.18 Å². The van der Waals surface area contributed by atoms with Crippen molar-refractivity contribution in [2.75, 3.05) is 26.4 Å². The summed E-state index contributed by atoms with van der Waals surface area (Å²) < 4.78 is 30.5. The van der Waals surface area contributed by atoms with Crippen molar-refractivity contribution < 1.29 is 23.4 Å². The largest absolute Gasteiger partial charge is 0.493 e. The van der Waals surface area contributed by atoms with Crippen LogP contribution in [0.1, 0.15) is 40.0 Å². The minimum atomic E-state index is -0.491. The summed E-state index contributed by atoms with van der Waals surface area (Å²) in [7, 11) is 0. The van der Waals surface area contributed by atoms with Crippen LogP contribution in [0, 0.1) is 5.82 Å². The lowest BCUT2D eigenvalue weighted by Crippen LogP contribution is -2.41. The second-order valence-electron chi connectivity index (χ2n) is 7.32. The molecule has 0 saturated carbocycles. The molecule has 1 amide bonds. The van der Waals surface area contributed by atoms with Gasteiger partial charge in [-0.1, -0.05) is 0 Å². The van der Waals surface area contributed by atoms with E-state index in [0.29, 0.717) is 43.0 Å². The summed E-state index contributed by atoms with van der Waals surface area (Å²) in [5.74, 6) is 0.153. The first-order valence-corrected chi connectivity index (χ1v) is 9.71. The minimum absolute atomic E-state index is 0.0614. The van der Waals surface area contributed by atoms with Gasteiger partial charge in [0, 0.05) is 25.6 Å². The second-order valence-corrected chi connectivity index (χ2v) is 8.18. The van der Waals surface area contributed by atoms with Gasteiger partial charge in [0.1, 0.15) is 17.2 Å². The van der Waals surface area contributed by atoms with Crippen LogP contribution in [0.15, 0.2) is 22.7 Å². The van der Waals surface area contributed by atoms with Crippen LogP contribution in [0.5, 0.6) is 5.75 Å². The average molecular weight is 432 g/mol. The Bertz CT molecular complexity index is 606. The van der Waals surface area contributed by atoms with E-state index in [1.165, 1.54) is 6.07 Å². The van der Waals surface area contributed by atoms with Crippen molar-refractivity contribution in [3.8, 4) is 5.75 Å². The number of rotatable bonds is 7. The van der Waals surface area contributed by atoms with Crippen molar-refractivity contribution in [1.82, 2.24) is 4.90 Å². The van der Waals surface area contributed by atoms with Crippen molar-refractivity contribution in [3.63, 3.8) is 0 Å². The molecule has 0 spiro atoms. The van der Waals surface area contributed by atoms with E-state index in [9.17, 15) is 9.18 Å². The van der Waals surface area contributed by atoms with E-state index in [2.05, 4.69) is 15.9 Å². The van der Waals surface area contributed by atoms with E-state index in [0.717, 1.165) is 12.8 Å². The minimum Gasteiger partial charge on any atom is -0.493 e. The number of halogens is 2. The van der Waals surface area contributed by atoms with Gasteiger partial charge in [-0.2, -0.15) is 0 Å². The molecule has 0 radical (unpaired) electrons. The number of nitrogens with zero attached hydrogens (tertiary/aromatic N) is 1. The number of ether oxygens (including phenoxy) is 3. The molecule has 7 heteroatoms. The summed E-state index contributed by atoms with van der Waals surface area (Å²) in [5.41, 5.74) is -0.491. The molecule has 1 atom stereocenters. The van der Waals surface area contributed by atoms with Gasteiger partial charge in [0.05, 0.1) is 23.7 Å². The molecule has 0 N–H and O–H groups in total. The van der Waals surface area contributed by atoms with Crippen molar-refractivity contribution in [2.45, 2.75) is 51.7 Å². The van der Waals surface area contributed by atoms with Gasteiger partial charge in [-0.25, -0.2) is 9.18 Å². The fraction of sp³-hybridized carbons (Fsp3) is 0.632. The Labute approximate surface area is 162 Å². The fourth-order valence-corrected chi connectivity index (χ4v) is 2.95. The standard InChI is InChI=1S/C19H27BrFNO4/c1-19(2,3)26-18(23)22-9-4-6-14(22)13-24-10-5-11-25-15-7-8-16(20)17(21)12-15/h7-8,12,14H,4-6,9-11,13H2,1-3H3/t14-/m1/s1. The zero-order chi connectivity index (χ0) is 19.2. The number of carbonyl (C=O) groups excluding carboxylic acids is 1. The Morgan fingerprint density at radius 2 is 2.12 bits per heavy atom. The topological polar surface area (TPSA) is 48.0 Å². The van der Waals surface area contributed by atoms with Gasteiger partial charge in [-0.15, -0.1) is 0 Å². The van der Waals surface area contributed by atoms with E-state index in [1.807, 2.05) is 20.8 Å². The lowest BCUT2D eigenvalue weighted by molar-refractivity contribution is 0.00977. The Morgan fingerprint density at radius 3 is 2.81 bits per heavy atom.